The molecule has 0 fully saturated rings. The van der Waals surface area contributed by atoms with Crippen LogP contribution in [-0.2, 0) is 11.2 Å². The first-order valence-corrected chi connectivity index (χ1v) is 8.21. The summed E-state index contributed by atoms with van der Waals surface area (Å²) < 4.78 is 0. The van der Waals surface area contributed by atoms with Gasteiger partial charge in [0.1, 0.15) is 11.2 Å². The second kappa shape index (κ2) is 6.90. The van der Waals surface area contributed by atoms with Crippen LogP contribution in [0.4, 0.5) is 0 Å². The third kappa shape index (κ3) is 4.62. The smallest absolute Gasteiger partial charge is 0.194 e. The molecule has 2 aromatic carbocycles. The molecule has 0 saturated heterocycles. The van der Waals surface area contributed by atoms with Crippen LogP contribution >= 0.6 is 0 Å². The van der Waals surface area contributed by atoms with Crippen molar-refractivity contribution in [3.05, 3.63) is 59.7 Å². The van der Waals surface area contributed by atoms with E-state index in [4.69, 9.17) is 0 Å². The van der Waals surface area contributed by atoms with Crippen molar-refractivity contribution in [2.45, 2.75) is 45.3 Å². The molecule has 2 rings (SSSR count). The van der Waals surface area contributed by atoms with Crippen molar-refractivity contribution < 1.29 is 19.8 Å². The number of ketones is 2. The minimum atomic E-state index is -1.45. The van der Waals surface area contributed by atoms with Crippen LogP contribution in [0.3, 0.4) is 0 Å². The molecule has 0 bridgehead atoms. The van der Waals surface area contributed by atoms with Gasteiger partial charge in [0.25, 0.3) is 0 Å². The monoisotopic (exact) mass is 340 g/mol. The standard InChI is InChI=1S/C21H24O4/c1-20(2,24)18(22)13-14-9-11-15(12-10-14)16-7-5-6-8-17(16)19(23)21(3,4)25/h5-12,24-25H,13H2,1-4H3. The summed E-state index contributed by atoms with van der Waals surface area (Å²) in [6.45, 7) is 5.89. The van der Waals surface area contributed by atoms with Gasteiger partial charge in [0.15, 0.2) is 11.6 Å². The van der Waals surface area contributed by atoms with Gasteiger partial charge in [-0.2, -0.15) is 0 Å². The maximum Gasteiger partial charge on any atom is 0.194 e. The third-order valence-corrected chi connectivity index (χ3v) is 4.04. The first kappa shape index (κ1) is 19.0. The number of Topliss-reactive ketones (excluding diaryl/α,β-unsaturated/α-hetero) is 2. The topological polar surface area (TPSA) is 74.6 Å². The lowest BCUT2D eigenvalue weighted by Crippen LogP contribution is -2.32. The van der Waals surface area contributed by atoms with E-state index in [0.717, 1.165) is 16.7 Å². The van der Waals surface area contributed by atoms with Gasteiger partial charge in [-0.25, -0.2) is 0 Å². The Kier molecular flexibility index (Phi) is 5.26. The van der Waals surface area contributed by atoms with Crippen molar-refractivity contribution >= 4 is 11.6 Å². The maximum atomic E-state index is 12.5. The number of carbonyl (C=O) groups is 2. The molecule has 0 heterocycles. The molecule has 132 valence electrons. The molecule has 2 aromatic rings. The minimum Gasteiger partial charge on any atom is -0.383 e. The molecule has 0 atom stereocenters. The van der Waals surface area contributed by atoms with Crippen molar-refractivity contribution in [2.24, 2.45) is 0 Å². The summed E-state index contributed by atoms with van der Waals surface area (Å²) in [5.74, 6) is -0.595. The van der Waals surface area contributed by atoms with E-state index in [9.17, 15) is 19.8 Å². The number of rotatable bonds is 6. The van der Waals surface area contributed by atoms with Gasteiger partial charge in [0.2, 0.25) is 0 Å². The van der Waals surface area contributed by atoms with E-state index in [-0.39, 0.29) is 18.0 Å². The van der Waals surface area contributed by atoms with Crippen molar-refractivity contribution in [2.75, 3.05) is 0 Å². The normalized spacial score (nSPS) is 12.1. The van der Waals surface area contributed by atoms with Crippen LogP contribution in [-0.4, -0.2) is 33.0 Å². The fourth-order valence-corrected chi connectivity index (χ4v) is 2.47. The average Bonchev–Trinajstić information content (AvgIpc) is 2.53. The minimum absolute atomic E-state index is 0.147. The van der Waals surface area contributed by atoms with Gasteiger partial charge < -0.3 is 10.2 Å². The summed E-state index contributed by atoms with van der Waals surface area (Å²) in [6.07, 6.45) is 0.147. The largest absolute Gasteiger partial charge is 0.383 e. The zero-order valence-electron chi connectivity index (χ0n) is 15.0. The predicted molar refractivity (Wildman–Crippen MR) is 97.5 cm³/mol. The Morgan fingerprint density at radius 3 is 1.92 bits per heavy atom. The molecule has 0 aliphatic rings. The van der Waals surface area contributed by atoms with E-state index in [0.29, 0.717) is 5.56 Å². The number of benzene rings is 2. The maximum absolute atomic E-state index is 12.5. The molecule has 0 aromatic heterocycles. The number of carbonyl (C=O) groups excluding carboxylic acids is 2. The molecular weight excluding hydrogens is 316 g/mol. The number of aliphatic hydroxyl groups is 2. The first-order chi connectivity index (χ1) is 11.5. The molecule has 0 spiro atoms. The van der Waals surface area contributed by atoms with E-state index in [1.807, 2.05) is 36.4 Å². The molecule has 2 N–H and O–H groups in total. The van der Waals surface area contributed by atoms with Gasteiger partial charge in [-0.15, -0.1) is 0 Å². The van der Waals surface area contributed by atoms with Gasteiger partial charge in [0.05, 0.1) is 0 Å². The van der Waals surface area contributed by atoms with Crippen molar-refractivity contribution in [1.82, 2.24) is 0 Å². The highest BCUT2D eigenvalue weighted by Gasteiger charge is 2.27. The summed E-state index contributed by atoms with van der Waals surface area (Å²) in [7, 11) is 0. The first-order valence-electron chi connectivity index (χ1n) is 8.21. The molecule has 0 aliphatic carbocycles. The van der Waals surface area contributed by atoms with Gasteiger partial charge in [-0.05, 0) is 44.4 Å². The van der Waals surface area contributed by atoms with Crippen molar-refractivity contribution in [3.8, 4) is 11.1 Å². The molecule has 0 amide bonds. The van der Waals surface area contributed by atoms with E-state index in [1.54, 1.807) is 12.1 Å². The van der Waals surface area contributed by atoms with Crippen LogP contribution in [0.5, 0.6) is 0 Å². The number of hydrogen-bond acceptors (Lipinski definition) is 4. The van der Waals surface area contributed by atoms with Gasteiger partial charge in [0, 0.05) is 12.0 Å². The van der Waals surface area contributed by atoms with Gasteiger partial charge >= 0.3 is 0 Å². The second-order valence-electron chi connectivity index (χ2n) is 7.29. The SMILES string of the molecule is CC(C)(O)C(=O)Cc1ccc(-c2ccccc2C(=O)C(C)(C)O)cc1. The quantitative estimate of drug-likeness (QED) is 0.792. The average molecular weight is 340 g/mol. The molecule has 4 heteroatoms. The second-order valence-corrected chi connectivity index (χ2v) is 7.29. The Bertz CT molecular complexity index is 775. The van der Waals surface area contributed by atoms with E-state index >= 15 is 0 Å². The summed E-state index contributed by atoms with van der Waals surface area (Å²) in [4.78, 5) is 24.4. The van der Waals surface area contributed by atoms with E-state index in [2.05, 4.69) is 0 Å². The third-order valence-electron chi connectivity index (χ3n) is 4.04. The Balaban J connectivity index is 2.32. The fourth-order valence-electron chi connectivity index (χ4n) is 2.47. The van der Waals surface area contributed by atoms with Gasteiger partial charge in [-0.3, -0.25) is 9.59 Å². The van der Waals surface area contributed by atoms with E-state index < -0.39 is 11.2 Å². The van der Waals surface area contributed by atoms with Crippen molar-refractivity contribution in [1.29, 1.82) is 0 Å². The summed E-state index contributed by atoms with van der Waals surface area (Å²) >= 11 is 0. The Labute approximate surface area is 148 Å². The molecule has 0 saturated carbocycles. The molecular formula is C21H24O4. The molecule has 25 heavy (non-hydrogen) atoms. The van der Waals surface area contributed by atoms with Crippen LogP contribution in [0.2, 0.25) is 0 Å². The lowest BCUT2D eigenvalue weighted by atomic mass is 9.89. The predicted octanol–water partition coefficient (Wildman–Crippen LogP) is 3.19. The summed E-state index contributed by atoms with van der Waals surface area (Å²) in [5, 5.41) is 19.8. The molecule has 0 aliphatic heterocycles. The van der Waals surface area contributed by atoms with Crippen LogP contribution in [0.25, 0.3) is 11.1 Å². The highest BCUT2D eigenvalue weighted by atomic mass is 16.3. The van der Waals surface area contributed by atoms with Crippen LogP contribution in [0, 0.1) is 0 Å². The Hall–Kier alpha value is -2.30. The highest BCUT2D eigenvalue weighted by Crippen LogP contribution is 2.27. The summed E-state index contributed by atoms with van der Waals surface area (Å²) in [5.41, 5.74) is -0.000300. The van der Waals surface area contributed by atoms with Crippen LogP contribution < -0.4 is 0 Å². The Morgan fingerprint density at radius 1 is 0.840 bits per heavy atom. The molecule has 0 unspecified atom stereocenters. The highest BCUT2D eigenvalue weighted by molar-refractivity contribution is 6.06. The van der Waals surface area contributed by atoms with Crippen LogP contribution in [0.15, 0.2) is 48.5 Å². The zero-order chi connectivity index (χ0) is 18.8. The van der Waals surface area contributed by atoms with Crippen molar-refractivity contribution in [3.63, 3.8) is 0 Å². The fraction of sp³-hybridized carbons (Fsp3) is 0.333. The number of hydrogen-bond donors (Lipinski definition) is 2. The lowest BCUT2D eigenvalue weighted by molar-refractivity contribution is -0.133. The lowest BCUT2D eigenvalue weighted by Gasteiger charge is -2.18. The van der Waals surface area contributed by atoms with Crippen LogP contribution in [0.1, 0.15) is 43.6 Å². The zero-order valence-corrected chi connectivity index (χ0v) is 15.0. The summed E-state index contributed by atoms with van der Waals surface area (Å²) in [6, 6.07) is 14.4. The molecule has 0 radical (unpaired) electrons. The van der Waals surface area contributed by atoms with E-state index in [1.165, 1.54) is 27.7 Å². The Morgan fingerprint density at radius 2 is 1.40 bits per heavy atom. The van der Waals surface area contributed by atoms with Gasteiger partial charge in [-0.1, -0.05) is 48.5 Å². The molecule has 4 nitrogen and oxygen atoms in total.